The molecule has 0 radical (unpaired) electrons. The quantitative estimate of drug-likeness (QED) is 0.758. The number of rotatable bonds is 3. The largest absolute Gasteiger partial charge is 0.454 e. The van der Waals surface area contributed by atoms with E-state index >= 15 is 0 Å². The maximum absolute atomic E-state index is 12.4. The molecule has 7 heteroatoms. The lowest BCUT2D eigenvalue weighted by molar-refractivity contribution is 0.101. The van der Waals surface area contributed by atoms with Gasteiger partial charge in [-0.05, 0) is 42.8 Å². The highest BCUT2D eigenvalue weighted by Gasteiger charge is 2.18. The Morgan fingerprint density at radius 3 is 2.88 bits per heavy atom. The van der Waals surface area contributed by atoms with E-state index in [-0.39, 0.29) is 18.4 Å². The summed E-state index contributed by atoms with van der Waals surface area (Å²) in [5.41, 5.74) is 2.34. The molecule has 0 saturated heterocycles. The van der Waals surface area contributed by atoms with E-state index in [1.165, 1.54) is 0 Å². The van der Waals surface area contributed by atoms with Gasteiger partial charge < -0.3 is 19.3 Å². The fraction of sp³-hybridized carbons (Fsp3) is 0.111. The van der Waals surface area contributed by atoms with Crippen molar-refractivity contribution in [3.8, 4) is 22.8 Å². The number of nitrogens with zero attached hydrogens (tertiary/aromatic N) is 1. The zero-order valence-electron chi connectivity index (χ0n) is 13.2. The van der Waals surface area contributed by atoms with Crippen LogP contribution in [0.2, 0.25) is 5.02 Å². The van der Waals surface area contributed by atoms with E-state index in [0.717, 1.165) is 11.1 Å². The van der Waals surface area contributed by atoms with Crippen LogP contribution in [0.25, 0.3) is 11.3 Å². The molecule has 0 bridgehead atoms. The second-order valence-electron chi connectivity index (χ2n) is 5.51. The van der Waals surface area contributed by atoms with Crippen molar-refractivity contribution < 1.29 is 18.8 Å². The Kier molecular flexibility index (Phi) is 3.82. The van der Waals surface area contributed by atoms with Crippen LogP contribution >= 0.6 is 11.6 Å². The number of anilines is 1. The lowest BCUT2D eigenvalue weighted by Gasteiger charge is -2.07. The molecular weight excluding hydrogens is 344 g/mol. The Bertz CT molecular complexity index is 967. The SMILES string of the molecule is Cc1c(Cl)cccc1NC(=O)c1cc(-c2ccc3c(c2)OCO3)on1. The number of amides is 1. The van der Waals surface area contributed by atoms with Gasteiger partial charge in [0.2, 0.25) is 6.79 Å². The summed E-state index contributed by atoms with van der Waals surface area (Å²) < 4.78 is 15.9. The van der Waals surface area contributed by atoms with Crippen LogP contribution in [-0.2, 0) is 0 Å². The minimum atomic E-state index is -0.374. The molecule has 0 fully saturated rings. The standard InChI is InChI=1S/C18H13ClN2O4/c1-10-12(19)3-2-4-13(10)20-18(22)14-8-16(25-21-14)11-5-6-15-17(7-11)24-9-23-15/h2-8H,9H2,1H3,(H,20,22). The van der Waals surface area contributed by atoms with Crippen molar-refractivity contribution >= 4 is 23.2 Å². The van der Waals surface area contributed by atoms with Crippen LogP contribution in [0.15, 0.2) is 47.0 Å². The van der Waals surface area contributed by atoms with Gasteiger partial charge in [-0.2, -0.15) is 0 Å². The Labute approximate surface area is 148 Å². The van der Waals surface area contributed by atoms with Gasteiger partial charge in [0, 0.05) is 22.3 Å². The van der Waals surface area contributed by atoms with Crippen molar-refractivity contribution in [2.45, 2.75) is 6.92 Å². The fourth-order valence-corrected chi connectivity index (χ4v) is 2.67. The van der Waals surface area contributed by atoms with E-state index in [9.17, 15) is 4.79 Å². The molecule has 0 atom stereocenters. The van der Waals surface area contributed by atoms with Crippen LogP contribution in [-0.4, -0.2) is 17.9 Å². The van der Waals surface area contributed by atoms with Gasteiger partial charge in [-0.3, -0.25) is 4.79 Å². The summed E-state index contributed by atoms with van der Waals surface area (Å²) in [4.78, 5) is 12.4. The molecule has 25 heavy (non-hydrogen) atoms. The number of hydrogen-bond donors (Lipinski definition) is 1. The van der Waals surface area contributed by atoms with Crippen LogP contribution in [0.1, 0.15) is 16.1 Å². The summed E-state index contributed by atoms with van der Waals surface area (Å²) in [6.07, 6.45) is 0. The lowest BCUT2D eigenvalue weighted by Crippen LogP contribution is -2.13. The minimum Gasteiger partial charge on any atom is -0.454 e. The maximum Gasteiger partial charge on any atom is 0.277 e. The van der Waals surface area contributed by atoms with Gasteiger partial charge >= 0.3 is 0 Å². The van der Waals surface area contributed by atoms with Gasteiger partial charge in [-0.25, -0.2) is 0 Å². The van der Waals surface area contributed by atoms with E-state index in [1.807, 2.05) is 13.0 Å². The number of fused-ring (bicyclic) bond motifs is 1. The Morgan fingerprint density at radius 1 is 1.16 bits per heavy atom. The van der Waals surface area contributed by atoms with Gasteiger partial charge in [-0.15, -0.1) is 0 Å². The van der Waals surface area contributed by atoms with Gasteiger partial charge in [0.25, 0.3) is 5.91 Å². The van der Waals surface area contributed by atoms with Crippen LogP contribution in [0.5, 0.6) is 11.5 Å². The number of halogens is 1. The van der Waals surface area contributed by atoms with E-state index < -0.39 is 0 Å². The van der Waals surface area contributed by atoms with E-state index in [4.69, 9.17) is 25.6 Å². The Hall–Kier alpha value is -2.99. The first-order chi connectivity index (χ1) is 12.1. The third-order valence-electron chi connectivity index (χ3n) is 3.92. The lowest BCUT2D eigenvalue weighted by atomic mass is 10.1. The molecule has 6 nitrogen and oxygen atoms in total. The normalized spacial score (nSPS) is 12.2. The van der Waals surface area contributed by atoms with Crippen molar-refractivity contribution in [1.29, 1.82) is 0 Å². The van der Waals surface area contributed by atoms with E-state index in [0.29, 0.717) is 28.0 Å². The molecule has 0 spiro atoms. The molecule has 126 valence electrons. The molecule has 1 N–H and O–H groups in total. The predicted octanol–water partition coefficient (Wildman–Crippen LogP) is 4.28. The molecule has 2 aromatic carbocycles. The molecule has 2 heterocycles. The van der Waals surface area contributed by atoms with Gasteiger partial charge in [0.15, 0.2) is 23.0 Å². The molecule has 3 aromatic rings. The summed E-state index contributed by atoms with van der Waals surface area (Å²) in [5.74, 6) is 1.40. The average molecular weight is 357 g/mol. The summed E-state index contributed by atoms with van der Waals surface area (Å²) in [7, 11) is 0. The number of hydrogen-bond acceptors (Lipinski definition) is 5. The fourth-order valence-electron chi connectivity index (χ4n) is 2.50. The maximum atomic E-state index is 12.4. The van der Waals surface area contributed by atoms with E-state index in [2.05, 4.69) is 10.5 Å². The van der Waals surface area contributed by atoms with Gasteiger partial charge in [-0.1, -0.05) is 22.8 Å². The smallest absolute Gasteiger partial charge is 0.277 e. The third kappa shape index (κ3) is 2.92. The van der Waals surface area contributed by atoms with Crippen molar-refractivity contribution in [1.82, 2.24) is 5.16 Å². The molecule has 1 aliphatic heterocycles. The molecule has 4 rings (SSSR count). The molecule has 1 aliphatic rings. The van der Waals surface area contributed by atoms with Crippen molar-refractivity contribution in [2.24, 2.45) is 0 Å². The number of nitrogens with one attached hydrogen (secondary N) is 1. The topological polar surface area (TPSA) is 73.6 Å². The van der Waals surface area contributed by atoms with Crippen molar-refractivity contribution in [3.05, 3.63) is 58.7 Å². The summed E-state index contributed by atoms with van der Waals surface area (Å²) in [6.45, 7) is 2.03. The first-order valence-electron chi connectivity index (χ1n) is 7.55. The number of aromatic nitrogens is 1. The monoisotopic (exact) mass is 356 g/mol. The highest BCUT2D eigenvalue weighted by Crippen LogP contribution is 2.36. The Balaban J connectivity index is 1.56. The number of carbonyl (C=O) groups excluding carboxylic acids is 1. The second-order valence-corrected chi connectivity index (χ2v) is 5.92. The van der Waals surface area contributed by atoms with Crippen molar-refractivity contribution in [3.63, 3.8) is 0 Å². The second kappa shape index (κ2) is 6.14. The average Bonchev–Trinajstić information content (AvgIpc) is 3.27. The molecule has 0 saturated carbocycles. The molecule has 1 amide bonds. The predicted molar refractivity (Wildman–Crippen MR) is 92.2 cm³/mol. The molecular formula is C18H13ClN2O4. The number of carbonyl (C=O) groups is 1. The minimum absolute atomic E-state index is 0.173. The first kappa shape index (κ1) is 15.5. The zero-order valence-corrected chi connectivity index (χ0v) is 14.0. The summed E-state index contributed by atoms with van der Waals surface area (Å²) in [6, 6.07) is 12.3. The van der Waals surface area contributed by atoms with Crippen LogP contribution in [0.4, 0.5) is 5.69 Å². The van der Waals surface area contributed by atoms with E-state index in [1.54, 1.807) is 36.4 Å². The first-order valence-corrected chi connectivity index (χ1v) is 7.93. The number of ether oxygens (including phenoxy) is 2. The Morgan fingerprint density at radius 2 is 2.00 bits per heavy atom. The van der Waals surface area contributed by atoms with Crippen molar-refractivity contribution in [2.75, 3.05) is 12.1 Å². The molecule has 0 aliphatic carbocycles. The highest BCUT2D eigenvalue weighted by atomic mass is 35.5. The number of benzene rings is 2. The third-order valence-corrected chi connectivity index (χ3v) is 4.33. The summed E-state index contributed by atoms with van der Waals surface area (Å²) >= 11 is 6.07. The highest BCUT2D eigenvalue weighted by molar-refractivity contribution is 6.31. The van der Waals surface area contributed by atoms with Gasteiger partial charge in [0.1, 0.15) is 0 Å². The molecule has 0 unspecified atom stereocenters. The van der Waals surface area contributed by atoms with Crippen LogP contribution in [0.3, 0.4) is 0 Å². The zero-order chi connectivity index (χ0) is 17.4. The summed E-state index contributed by atoms with van der Waals surface area (Å²) in [5, 5.41) is 7.21. The van der Waals surface area contributed by atoms with Crippen LogP contribution < -0.4 is 14.8 Å². The van der Waals surface area contributed by atoms with Gasteiger partial charge in [0.05, 0.1) is 0 Å². The van der Waals surface area contributed by atoms with Crippen LogP contribution in [0, 0.1) is 6.92 Å². The molecule has 1 aromatic heterocycles.